The molecule has 0 unspecified atom stereocenters. The molecule has 4 heteroatoms. The molecular weight excluding hydrogens is 200 g/mol. The molecule has 1 aromatic carbocycles. The molecule has 1 N–H and O–H groups in total. The van der Waals surface area contributed by atoms with Gasteiger partial charge in [0.2, 0.25) is 5.95 Å². The van der Waals surface area contributed by atoms with E-state index in [9.17, 15) is 0 Å². The number of nitrogens with one attached hydrogen (secondary N) is 1. The van der Waals surface area contributed by atoms with Crippen molar-refractivity contribution in [3.05, 3.63) is 48.0 Å². The van der Waals surface area contributed by atoms with Crippen molar-refractivity contribution in [2.75, 3.05) is 5.32 Å². The third kappa shape index (κ3) is 2.76. The first-order chi connectivity index (χ1) is 7.88. The highest BCUT2D eigenvalue weighted by Gasteiger charge is 1.98. The summed E-state index contributed by atoms with van der Waals surface area (Å²) < 4.78 is 0. The van der Waals surface area contributed by atoms with Crippen molar-refractivity contribution in [3.8, 4) is 0 Å². The first-order valence-electron chi connectivity index (χ1n) is 5.34. The topological polar surface area (TPSA) is 50.7 Å². The van der Waals surface area contributed by atoms with Crippen LogP contribution in [-0.2, 0) is 13.0 Å². The zero-order valence-corrected chi connectivity index (χ0v) is 9.22. The Balaban J connectivity index is 1.99. The van der Waals surface area contributed by atoms with E-state index in [0.717, 1.165) is 18.8 Å². The Morgan fingerprint density at radius 1 is 1.12 bits per heavy atom. The Labute approximate surface area is 94.8 Å². The average molecular weight is 214 g/mol. The third-order valence-electron chi connectivity index (χ3n) is 2.23. The molecule has 0 bridgehead atoms. The molecule has 1 aromatic heterocycles. The van der Waals surface area contributed by atoms with E-state index in [-0.39, 0.29) is 0 Å². The maximum atomic E-state index is 4.27. The largest absolute Gasteiger partial charge is 0.350 e. The molecule has 0 fully saturated rings. The van der Waals surface area contributed by atoms with Crippen LogP contribution < -0.4 is 5.32 Å². The van der Waals surface area contributed by atoms with Crippen LogP contribution in [0, 0.1) is 0 Å². The molecule has 2 aromatic rings. The third-order valence-corrected chi connectivity index (χ3v) is 2.23. The summed E-state index contributed by atoms with van der Waals surface area (Å²) in [6, 6.07) is 10.2. The predicted octanol–water partition coefficient (Wildman–Crippen LogP) is 2.05. The number of anilines is 1. The van der Waals surface area contributed by atoms with Gasteiger partial charge in [-0.3, -0.25) is 0 Å². The molecule has 0 aliphatic heterocycles. The van der Waals surface area contributed by atoms with Crippen LogP contribution in [0.25, 0.3) is 0 Å². The summed E-state index contributed by atoms with van der Waals surface area (Å²) in [6.45, 7) is 2.75. The van der Waals surface area contributed by atoms with Gasteiger partial charge in [0.05, 0.1) is 0 Å². The Kier molecular flexibility index (Phi) is 3.43. The second-order valence-corrected chi connectivity index (χ2v) is 3.42. The molecule has 1 heterocycles. The summed E-state index contributed by atoms with van der Waals surface area (Å²) in [5, 5.41) is 3.17. The van der Waals surface area contributed by atoms with Crippen molar-refractivity contribution < 1.29 is 0 Å². The molecule has 0 aliphatic rings. The number of aromatic nitrogens is 3. The highest BCUT2D eigenvalue weighted by molar-refractivity contribution is 5.26. The molecule has 0 aliphatic carbocycles. The normalized spacial score (nSPS) is 10.1. The first-order valence-corrected chi connectivity index (χ1v) is 5.34. The zero-order chi connectivity index (χ0) is 11.2. The minimum Gasteiger partial charge on any atom is -0.350 e. The standard InChI is InChI=1S/C12H14N4/c1-2-11-14-9-15-12(16-11)13-8-10-6-4-3-5-7-10/h3-7,9H,2,8H2,1H3,(H,13,14,15,16). The Morgan fingerprint density at radius 3 is 2.69 bits per heavy atom. The second kappa shape index (κ2) is 5.21. The van der Waals surface area contributed by atoms with Gasteiger partial charge >= 0.3 is 0 Å². The molecule has 16 heavy (non-hydrogen) atoms. The van der Waals surface area contributed by atoms with Crippen molar-refractivity contribution in [1.82, 2.24) is 15.0 Å². The highest BCUT2D eigenvalue weighted by Crippen LogP contribution is 2.03. The lowest BCUT2D eigenvalue weighted by Crippen LogP contribution is -2.05. The molecule has 2 rings (SSSR count). The Bertz CT molecular complexity index is 442. The second-order valence-electron chi connectivity index (χ2n) is 3.42. The fourth-order valence-corrected chi connectivity index (χ4v) is 1.36. The van der Waals surface area contributed by atoms with E-state index in [1.165, 1.54) is 5.56 Å². The van der Waals surface area contributed by atoms with Crippen molar-refractivity contribution in [2.45, 2.75) is 19.9 Å². The monoisotopic (exact) mass is 214 g/mol. The van der Waals surface area contributed by atoms with E-state index in [1.807, 2.05) is 25.1 Å². The van der Waals surface area contributed by atoms with Gasteiger partial charge in [0.15, 0.2) is 0 Å². The van der Waals surface area contributed by atoms with Crippen molar-refractivity contribution in [2.24, 2.45) is 0 Å². The van der Waals surface area contributed by atoms with Gasteiger partial charge < -0.3 is 5.32 Å². The number of nitrogens with zero attached hydrogens (tertiary/aromatic N) is 3. The van der Waals surface area contributed by atoms with Gasteiger partial charge in [-0.2, -0.15) is 4.98 Å². The van der Waals surface area contributed by atoms with E-state index >= 15 is 0 Å². The van der Waals surface area contributed by atoms with Gasteiger partial charge in [-0.15, -0.1) is 0 Å². The lowest BCUT2D eigenvalue weighted by atomic mass is 10.2. The van der Waals surface area contributed by atoms with Gasteiger partial charge in [0, 0.05) is 13.0 Å². The number of rotatable bonds is 4. The van der Waals surface area contributed by atoms with Crippen LogP contribution in [0.15, 0.2) is 36.7 Å². The van der Waals surface area contributed by atoms with E-state index in [0.29, 0.717) is 5.95 Å². The van der Waals surface area contributed by atoms with Crippen molar-refractivity contribution in [3.63, 3.8) is 0 Å². The van der Waals surface area contributed by atoms with Gasteiger partial charge in [-0.25, -0.2) is 9.97 Å². The van der Waals surface area contributed by atoms with Crippen LogP contribution in [0.3, 0.4) is 0 Å². The fraction of sp³-hybridized carbons (Fsp3) is 0.250. The van der Waals surface area contributed by atoms with E-state index in [4.69, 9.17) is 0 Å². The lowest BCUT2D eigenvalue weighted by molar-refractivity contribution is 0.890. The number of hydrogen-bond donors (Lipinski definition) is 1. The predicted molar refractivity (Wildman–Crippen MR) is 63.0 cm³/mol. The summed E-state index contributed by atoms with van der Waals surface area (Å²) in [7, 11) is 0. The van der Waals surface area contributed by atoms with Crippen molar-refractivity contribution in [1.29, 1.82) is 0 Å². The van der Waals surface area contributed by atoms with Crippen molar-refractivity contribution >= 4 is 5.95 Å². The van der Waals surface area contributed by atoms with Gasteiger partial charge in [-0.1, -0.05) is 37.3 Å². The van der Waals surface area contributed by atoms with Crippen LogP contribution in [-0.4, -0.2) is 15.0 Å². The van der Waals surface area contributed by atoms with Gasteiger partial charge in [0.1, 0.15) is 12.2 Å². The zero-order valence-electron chi connectivity index (χ0n) is 9.22. The Morgan fingerprint density at radius 2 is 1.94 bits per heavy atom. The molecule has 0 saturated heterocycles. The van der Waals surface area contributed by atoms with Crippen LogP contribution >= 0.6 is 0 Å². The summed E-state index contributed by atoms with van der Waals surface area (Å²) >= 11 is 0. The number of hydrogen-bond acceptors (Lipinski definition) is 4. The number of aryl methyl sites for hydroxylation is 1. The fourth-order valence-electron chi connectivity index (χ4n) is 1.36. The highest BCUT2D eigenvalue weighted by atomic mass is 15.1. The summed E-state index contributed by atoms with van der Waals surface area (Å²) in [6.07, 6.45) is 2.36. The molecule has 0 spiro atoms. The summed E-state index contributed by atoms with van der Waals surface area (Å²) in [5.41, 5.74) is 1.21. The van der Waals surface area contributed by atoms with Crippen LogP contribution in [0.1, 0.15) is 18.3 Å². The van der Waals surface area contributed by atoms with Crippen LogP contribution in [0.4, 0.5) is 5.95 Å². The van der Waals surface area contributed by atoms with E-state index in [2.05, 4.69) is 32.4 Å². The molecule has 0 amide bonds. The molecule has 0 saturated carbocycles. The number of benzene rings is 1. The molecule has 82 valence electrons. The van der Waals surface area contributed by atoms with Crippen LogP contribution in [0.2, 0.25) is 0 Å². The van der Waals surface area contributed by atoms with Crippen LogP contribution in [0.5, 0.6) is 0 Å². The minimum absolute atomic E-state index is 0.635. The van der Waals surface area contributed by atoms with E-state index in [1.54, 1.807) is 6.33 Å². The SMILES string of the molecule is CCc1ncnc(NCc2ccccc2)n1. The minimum atomic E-state index is 0.635. The quantitative estimate of drug-likeness (QED) is 0.846. The lowest BCUT2D eigenvalue weighted by Gasteiger charge is -2.04. The molecule has 0 radical (unpaired) electrons. The van der Waals surface area contributed by atoms with E-state index < -0.39 is 0 Å². The Hall–Kier alpha value is -1.97. The maximum Gasteiger partial charge on any atom is 0.226 e. The summed E-state index contributed by atoms with van der Waals surface area (Å²) in [5.74, 6) is 1.45. The molecular formula is C12H14N4. The molecule has 4 nitrogen and oxygen atoms in total. The maximum absolute atomic E-state index is 4.27. The van der Waals surface area contributed by atoms with Gasteiger partial charge in [-0.05, 0) is 5.56 Å². The van der Waals surface area contributed by atoms with Gasteiger partial charge in [0.25, 0.3) is 0 Å². The smallest absolute Gasteiger partial charge is 0.226 e. The first kappa shape index (κ1) is 10.5. The molecule has 0 atom stereocenters. The summed E-state index contributed by atoms with van der Waals surface area (Å²) in [4.78, 5) is 12.4. The average Bonchev–Trinajstić information content (AvgIpc) is 2.38.